The number of guanidine groups is 1. The summed E-state index contributed by atoms with van der Waals surface area (Å²) in [7, 11) is 0. The maximum absolute atomic E-state index is 12.4. The molecule has 19 heavy (non-hydrogen) atoms. The average molecular weight is 389 g/mol. The van der Waals surface area contributed by atoms with E-state index in [0.717, 1.165) is 28.4 Å². The fourth-order valence-corrected chi connectivity index (χ4v) is 3.38. The number of fused-ring (bicyclic) bond motifs is 2. The van der Waals surface area contributed by atoms with Gasteiger partial charge >= 0.3 is 0 Å². The fraction of sp³-hybridized carbons (Fsp3) is 0.273. The second-order valence-electron chi connectivity index (χ2n) is 4.40. The van der Waals surface area contributed by atoms with Crippen LogP contribution in [-0.2, 0) is 13.0 Å². The van der Waals surface area contributed by atoms with E-state index in [1.807, 2.05) is 0 Å². The summed E-state index contributed by atoms with van der Waals surface area (Å²) in [6, 6.07) is 0. The van der Waals surface area contributed by atoms with Crippen LogP contribution < -0.4 is 17.0 Å². The third kappa shape index (κ3) is 1.81. The zero-order valence-corrected chi connectivity index (χ0v) is 13.0. The Balaban J connectivity index is 2.54. The predicted octanol–water partition coefficient (Wildman–Crippen LogP) is 1.71. The quantitative estimate of drug-likeness (QED) is 0.511. The van der Waals surface area contributed by atoms with Gasteiger partial charge in [0.15, 0.2) is 5.96 Å². The van der Waals surface area contributed by atoms with Gasteiger partial charge in [-0.1, -0.05) is 0 Å². The number of hydrogen-bond acceptors (Lipinski definition) is 2. The number of nitrogens with one attached hydrogen (secondary N) is 1. The van der Waals surface area contributed by atoms with Crippen LogP contribution in [0.25, 0.3) is 10.9 Å². The topological polar surface area (TPSA) is 102 Å². The fourth-order valence-electron chi connectivity index (χ4n) is 2.50. The SMILES string of the molecule is NC(N)=Nc1c2n(c(=O)c3[nH]c(Br)c(Br)c13)CCC2. The second kappa shape index (κ2) is 4.38. The summed E-state index contributed by atoms with van der Waals surface area (Å²) in [5.41, 5.74) is 13.0. The molecular weight excluding hydrogens is 378 g/mol. The Morgan fingerprint density at radius 3 is 2.79 bits per heavy atom. The minimum atomic E-state index is -0.0385. The number of nitrogens with two attached hydrogens (primary N) is 2. The molecular formula is C11H11Br2N5O. The average Bonchev–Trinajstić information content (AvgIpc) is 2.92. The molecule has 0 aromatic carbocycles. The largest absolute Gasteiger partial charge is 0.370 e. The van der Waals surface area contributed by atoms with Crippen LogP contribution in [-0.4, -0.2) is 15.5 Å². The van der Waals surface area contributed by atoms with Gasteiger partial charge in [0.05, 0.1) is 14.8 Å². The number of pyridine rings is 1. The van der Waals surface area contributed by atoms with Crippen LogP contribution in [0.4, 0.5) is 5.69 Å². The smallest absolute Gasteiger partial charge is 0.275 e. The van der Waals surface area contributed by atoms with Crippen LogP contribution in [0.5, 0.6) is 0 Å². The Bertz CT molecular complexity index is 770. The van der Waals surface area contributed by atoms with E-state index in [2.05, 4.69) is 41.8 Å². The summed E-state index contributed by atoms with van der Waals surface area (Å²) in [4.78, 5) is 19.6. The molecule has 0 bridgehead atoms. The number of aromatic amines is 1. The highest BCUT2D eigenvalue weighted by Gasteiger charge is 2.24. The van der Waals surface area contributed by atoms with Crippen LogP contribution in [0.2, 0.25) is 0 Å². The van der Waals surface area contributed by atoms with Crippen molar-refractivity contribution >= 4 is 54.4 Å². The molecule has 0 saturated heterocycles. The highest BCUT2D eigenvalue weighted by Crippen LogP contribution is 2.39. The van der Waals surface area contributed by atoms with Crippen LogP contribution >= 0.6 is 31.9 Å². The minimum Gasteiger partial charge on any atom is -0.370 e. The van der Waals surface area contributed by atoms with Crippen molar-refractivity contribution < 1.29 is 0 Å². The molecule has 3 rings (SSSR count). The molecule has 1 aliphatic heterocycles. The van der Waals surface area contributed by atoms with E-state index in [1.165, 1.54) is 0 Å². The number of halogens is 2. The van der Waals surface area contributed by atoms with Crippen molar-refractivity contribution in [3.63, 3.8) is 0 Å². The number of H-pyrrole nitrogens is 1. The summed E-state index contributed by atoms with van der Waals surface area (Å²) < 4.78 is 3.20. The van der Waals surface area contributed by atoms with E-state index in [-0.39, 0.29) is 11.5 Å². The van der Waals surface area contributed by atoms with Gasteiger partial charge < -0.3 is 21.0 Å². The van der Waals surface area contributed by atoms with E-state index in [0.29, 0.717) is 22.4 Å². The lowest BCUT2D eigenvalue weighted by Crippen LogP contribution is -2.23. The lowest BCUT2D eigenvalue weighted by molar-refractivity contribution is 0.725. The number of hydrogen-bond donors (Lipinski definition) is 3. The van der Waals surface area contributed by atoms with Gasteiger partial charge in [0.25, 0.3) is 5.56 Å². The standard InChI is InChI=1S/C11H11Br2N5O/c12-6-5-7(17-11(14)15)4-2-1-3-18(4)10(19)8(5)16-9(6)13/h16H,1-3H2,(H4,14,15,17). The molecule has 0 fully saturated rings. The molecule has 0 saturated carbocycles. The molecule has 8 heteroatoms. The Kier molecular flexibility index (Phi) is 2.94. The normalized spacial score (nSPS) is 13.8. The zero-order chi connectivity index (χ0) is 13.7. The summed E-state index contributed by atoms with van der Waals surface area (Å²) in [6.45, 7) is 0.700. The van der Waals surface area contributed by atoms with Gasteiger partial charge in [-0.05, 0) is 44.7 Å². The second-order valence-corrected chi connectivity index (χ2v) is 5.98. The van der Waals surface area contributed by atoms with Gasteiger partial charge in [-0.25, -0.2) is 4.99 Å². The monoisotopic (exact) mass is 387 g/mol. The van der Waals surface area contributed by atoms with Crippen molar-refractivity contribution in [3.8, 4) is 0 Å². The first-order chi connectivity index (χ1) is 9.00. The van der Waals surface area contributed by atoms with Gasteiger partial charge in [-0.2, -0.15) is 0 Å². The van der Waals surface area contributed by atoms with Crippen molar-refractivity contribution in [2.45, 2.75) is 19.4 Å². The van der Waals surface area contributed by atoms with Gasteiger partial charge in [0, 0.05) is 17.6 Å². The molecule has 0 aliphatic carbocycles. The lowest BCUT2D eigenvalue weighted by Gasteiger charge is -2.08. The summed E-state index contributed by atoms with van der Waals surface area (Å²) in [6.07, 6.45) is 1.72. The van der Waals surface area contributed by atoms with E-state index in [1.54, 1.807) is 4.57 Å². The third-order valence-electron chi connectivity index (χ3n) is 3.23. The Hall–Kier alpha value is -1.28. The van der Waals surface area contributed by atoms with Crippen molar-refractivity contribution in [3.05, 3.63) is 25.1 Å². The van der Waals surface area contributed by atoms with E-state index < -0.39 is 0 Å². The molecule has 0 unspecified atom stereocenters. The van der Waals surface area contributed by atoms with Gasteiger partial charge in [0.1, 0.15) is 5.52 Å². The molecule has 6 nitrogen and oxygen atoms in total. The number of aromatic nitrogens is 2. The maximum atomic E-state index is 12.4. The molecule has 2 aromatic heterocycles. The highest BCUT2D eigenvalue weighted by atomic mass is 79.9. The number of aliphatic imine (C=N–C) groups is 1. The Morgan fingerprint density at radius 1 is 1.37 bits per heavy atom. The first-order valence-corrected chi connectivity index (χ1v) is 7.31. The van der Waals surface area contributed by atoms with Crippen LogP contribution in [0.3, 0.4) is 0 Å². The summed E-state index contributed by atoms with van der Waals surface area (Å²) in [5.74, 6) is -0.0149. The molecule has 2 aromatic rings. The van der Waals surface area contributed by atoms with Crippen LogP contribution in [0, 0.1) is 0 Å². The van der Waals surface area contributed by atoms with E-state index in [4.69, 9.17) is 11.5 Å². The Labute approximate surface area is 125 Å². The maximum Gasteiger partial charge on any atom is 0.275 e. The molecule has 0 atom stereocenters. The Morgan fingerprint density at radius 2 is 2.11 bits per heavy atom. The molecule has 0 spiro atoms. The third-order valence-corrected chi connectivity index (χ3v) is 5.15. The zero-order valence-electron chi connectivity index (χ0n) is 9.83. The first-order valence-electron chi connectivity index (χ1n) is 5.72. The van der Waals surface area contributed by atoms with E-state index in [9.17, 15) is 4.79 Å². The predicted molar refractivity (Wildman–Crippen MR) is 81.7 cm³/mol. The van der Waals surface area contributed by atoms with Crippen molar-refractivity contribution in [1.82, 2.24) is 9.55 Å². The molecule has 1 aliphatic rings. The molecule has 5 N–H and O–H groups in total. The van der Waals surface area contributed by atoms with Crippen LogP contribution in [0.15, 0.2) is 18.9 Å². The first kappa shape index (κ1) is 12.7. The molecule has 0 radical (unpaired) electrons. The molecule has 3 heterocycles. The molecule has 100 valence electrons. The van der Waals surface area contributed by atoms with Gasteiger partial charge in [-0.15, -0.1) is 0 Å². The number of nitrogens with zero attached hydrogens (tertiary/aromatic N) is 2. The summed E-state index contributed by atoms with van der Waals surface area (Å²) in [5, 5.41) is 0.721. The van der Waals surface area contributed by atoms with Gasteiger partial charge in [-0.3, -0.25) is 4.79 Å². The van der Waals surface area contributed by atoms with Crippen LogP contribution in [0.1, 0.15) is 12.1 Å². The van der Waals surface area contributed by atoms with Gasteiger partial charge in [0.2, 0.25) is 0 Å². The van der Waals surface area contributed by atoms with Crippen molar-refractivity contribution in [2.24, 2.45) is 16.5 Å². The lowest BCUT2D eigenvalue weighted by atomic mass is 10.2. The highest BCUT2D eigenvalue weighted by molar-refractivity contribution is 9.13. The molecule has 0 amide bonds. The number of rotatable bonds is 1. The minimum absolute atomic E-state index is 0.0149. The van der Waals surface area contributed by atoms with Crippen molar-refractivity contribution in [2.75, 3.05) is 0 Å². The summed E-state index contributed by atoms with van der Waals surface area (Å²) >= 11 is 6.83. The van der Waals surface area contributed by atoms with E-state index >= 15 is 0 Å². The van der Waals surface area contributed by atoms with Crippen molar-refractivity contribution in [1.29, 1.82) is 0 Å².